The van der Waals surface area contributed by atoms with E-state index in [9.17, 15) is 0 Å². The van der Waals surface area contributed by atoms with Crippen LogP contribution < -0.4 is 4.74 Å². The van der Waals surface area contributed by atoms with Gasteiger partial charge in [0.2, 0.25) is 16.9 Å². The van der Waals surface area contributed by atoms with Crippen LogP contribution in [0.4, 0.5) is 0 Å². The highest BCUT2D eigenvalue weighted by molar-refractivity contribution is 7.98. The van der Waals surface area contributed by atoms with Gasteiger partial charge in [0.25, 0.3) is 0 Å². The van der Waals surface area contributed by atoms with Crippen molar-refractivity contribution in [2.24, 2.45) is 0 Å². The van der Waals surface area contributed by atoms with Gasteiger partial charge >= 0.3 is 0 Å². The van der Waals surface area contributed by atoms with Gasteiger partial charge in [-0.1, -0.05) is 17.8 Å². The molecule has 0 atom stereocenters. The van der Waals surface area contributed by atoms with Crippen molar-refractivity contribution in [3.8, 4) is 22.9 Å². The average molecular weight is 394 g/mol. The minimum absolute atomic E-state index is 0.465. The molecule has 2 aromatic carbocycles. The Morgan fingerprint density at radius 3 is 2.57 bits per heavy atom. The maximum Gasteiger partial charge on any atom is 0.247 e. The molecule has 0 aliphatic carbocycles. The van der Waals surface area contributed by atoms with Crippen LogP contribution in [-0.2, 0) is 5.75 Å². The second kappa shape index (κ2) is 7.81. The number of ether oxygens (including phenoxy) is 1. The molecule has 0 aliphatic rings. The number of hydrogen-bond donors (Lipinski definition) is 0. The van der Waals surface area contributed by atoms with Crippen LogP contribution in [-0.4, -0.2) is 37.5 Å². The van der Waals surface area contributed by atoms with Crippen molar-refractivity contribution in [3.05, 3.63) is 59.5 Å². The van der Waals surface area contributed by atoms with Gasteiger partial charge in [-0.3, -0.25) is 0 Å². The van der Waals surface area contributed by atoms with Crippen molar-refractivity contribution >= 4 is 11.8 Å². The van der Waals surface area contributed by atoms with Crippen LogP contribution in [0.2, 0.25) is 0 Å². The van der Waals surface area contributed by atoms with Gasteiger partial charge in [-0.25, -0.2) is 0 Å². The van der Waals surface area contributed by atoms with Gasteiger partial charge in [-0.15, -0.1) is 15.3 Å². The molecule has 0 bridgehead atoms. The second-order valence-electron chi connectivity index (χ2n) is 6.16. The largest absolute Gasteiger partial charge is 0.497 e. The number of thioether (sulfide) groups is 1. The minimum atomic E-state index is 0.465. The third-order valence-corrected chi connectivity index (χ3v) is 5.21. The molecule has 0 amide bonds. The number of rotatable bonds is 6. The van der Waals surface area contributed by atoms with Gasteiger partial charge in [0, 0.05) is 5.56 Å². The molecule has 2 heterocycles. The predicted octanol–water partition coefficient (Wildman–Crippen LogP) is 3.63. The fourth-order valence-corrected chi connectivity index (χ4v) is 3.30. The Morgan fingerprint density at radius 2 is 1.82 bits per heavy atom. The topological polar surface area (TPSA) is 91.8 Å². The van der Waals surface area contributed by atoms with Gasteiger partial charge in [-0.05, 0) is 71.8 Å². The first kappa shape index (κ1) is 18.2. The van der Waals surface area contributed by atoms with Crippen molar-refractivity contribution < 1.29 is 9.15 Å². The van der Waals surface area contributed by atoms with E-state index < -0.39 is 0 Å². The van der Waals surface area contributed by atoms with E-state index in [0.29, 0.717) is 22.7 Å². The Morgan fingerprint density at radius 1 is 1.00 bits per heavy atom. The van der Waals surface area contributed by atoms with E-state index in [0.717, 1.165) is 17.0 Å². The monoisotopic (exact) mass is 394 g/mol. The van der Waals surface area contributed by atoms with E-state index in [1.54, 1.807) is 11.8 Å². The molecule has 28 heavy (non-hydrogen) atoms. The zero-order valence-electron chi connectivity index (χ0n) is 15.7. The number of methoxy groups -OCH3 is 1. The molecule has 0 radical (unpaired) electrons. The van der Waals surface area contributed by atoms with Crippen LogP contribution in [0.25, 0.3) is 17.1 Å². The van der Waals surface area contributed by atoms with Crippen molar-refractivity contribution in [1.82, 2.24) is 30.4 Å². The number of nitrogens with zero attached hydrogens (tertiary/aromatic N) is 6. The fraction of sp³-hybridized carbons (Fsp3) is 0.211. The van der Waals surface area contributed by atoms with Crippen LogP contribution in [0, 0.1) is 13.8 Å². The molecule has 0 fully saturated rings. The lowest BCUT2D eigenvalue weighted by molar-refractivity contribution is 0.415. The highest BCUT2D eigenvalue weighted by Crippen LogP contribution is 2.26. The van der Waals surface area contributed by atoms with Gasteiger partial charge in [0.05, 0.1) is 18.6 Å². The Balaban J connectivity index is 1.48. The summed E-state index contributed by atoms with van der Waals surface area (Å²) in [5.41, 5.74) is 4.16. The van der Waals surface area contributed by atoms with E-state index in [1.807, 2.05) is 30.3 Å². The fourth-order valence-electron chi connectivity index (χ4n) is 2.58. The lowest BCUT2D eigenvalue weighted by atomic mass is 10.1. The number of hydrogen-bond acceptors (Lipinski definition) is 8. The number of aryl methyl sites for hydroxylation is 2. The molecule has 0 saturated heterocycles. The summed E-state index contributed by atoms with van der Waals surface area (Å²) in [6.45, 7) is 4.14. The van der Waals surface area contributed by atoms with Gasteiger partial charge in [0.15, 0.2) is 0 Å². The first-order chi connectivity index (χ1) is 13.6. The molecular weight excluding hydrogens is 376 g/mol. The van der Waals surface area contributed by atoms with Crippen molar-refractivity contribution in [2.75, 3.05) is 7.11 Å². The first-order valence-electron chi connectivity index (χ1n) is 8.59. The molecule has 4 rings (SSSR count). The molecule has 9 heteroatoms. The summed E-state index contributed by atoms with van der Waals surface area (Å²) in [6.07, 6.45) is 0. The first-order valence-corrected chi connectivity index (χ1v) is 9.58. The molecule has 0 aliphatic heterocycles. The molecule has 0 saturated carbocycles. The number of tetrazole rings is 1. The van der Waals surface area contributed by atoms with Crippen LogP contribution in [0.3, 0.4) is 0 Å². The minimum Gasteiger partial charge on any atom is -0.497 e. The number of aromatic nitrogens is 6. The lowest BCUT2D eigenvalue weighted by Gasteiger charge is -2.06. The standard InChI is InChI=1S/C19H18N6O2S/c1-12-4-7-15(10-13(12)2)25-19(22-23-24-25)28-11-17-20-21-18(27-17)14-5-8-16(26-3)9-6-14/h4-10H,11H2,1-3H3. The second-order valence-corrected chi connectivity index (χ2v) is 7.10. The average Bonchev–Trinajstić information content (AvgIpc) is 3.38. The summed E-state index contributed by atoms with van der Waals surface area (Å²) in [6, 6.07) is 13.6. The van der Waals surface area contributed by atoms with Gasteiger partial charge in [-0.2, -0.15) is 4.68 Å². The molecule has 2 aromatic heterocycles. The molecule has 142 valence electrons. The molecular formula is C19H18N6O2S. The normalized spacial score (nSPS) is 11.0. The quantitative estimate of drug-likeness (QED) is 0.458. The van der Waals surface area contributed by atoms with Crippen LogP contribution in [0.1, 0.15) is 17.0 Å². The summed E-state index contributed by atoms with van der Waals surface area (Å²) >= 11 is 1.44. The zero-order valence-corrected chi connectivity index (χ0v) is 16.5. The molecule has 0 N–H and O–H groups in total. The predicted molar refractivity (Wildman–Crippen MR) is 104 cm³/mol. The zero-order chi connectivity index (χ0) is 19.5. The van der Waals surface area contributed by atoms with E-state index in [2.05, 4.69) is 51.7 Å². The van der Waals surface area contributed by atoms with E-state index in [-0.39, 0.29) is 0 Å². The third kappa shape index (κ3) is 3.74. The molecule has 8 nitrogen and oxygen atoms in total. The van der Waals surface area contributed by atoms with E-state index in [4.69, 9.17) is 9.15 Å². The smallest absolute Gasteiger partial charge is 0.247 e. The molecule has 4 aromatic rings. The van der Waals surface area contributed by atoms with Gasteiger partial charge in [0.1, 0.15) is 5.75 Å². The number of benzene rings is 2. The van der Waals surface area contributed by atoms with Crippen LogP contribution in [0.15, 0.2) is 52.0 Å². The Kier molecular flexibility index (Phi) is 5.07. The van der Waals surface area contributed by atoms with Crippen molar-refractivity contribution in [3.63, 3.8) is 0 Å². The van der Waals surface area contributed by atoms with E-state index >= 15 is 0 Å². The van der Waals surface area contributed by atoms with E-state index in [1.165, 1.54) is 22.9 Å². The van der Waals surface area contributed by atoms with Crippen LogP contribution >= 0.6 is 11.8 Å². The molecule has 0 unspecified atom stereocenters. The highest BCUT2D eigenvalue weighted by atomic mass is 32.2. The van der Waals surface area contributed by atoms with Crippen molar-refractivity contribution in [1.29, 1.82) is 0 Å². The van der Waals surface area contributed by atoms with Crippen molar-refractivity contribution in [2.45, 2.75) is 24.8 Å². The maximum absolute atomic E-state index is 5.76. The summed E-state index contributed by atoms with van der Waals surface area (Å²) in [4.78, 5) is 0. The van der Waals surface area contributed by atoms with Gasteiger partial charge < -0.3 is 9.15 Å². The Hall–Kier alpha value is -3.20. The SMILES string of the molecule is COc1ccc(-c2nnc(CSc3nnnn3-c3ccc(C)c(C)c3)o2)cc1. The Labute approximate surface area is 165 Å². The third-order valence-electron chi connectivity index (χ3n) is 4.30. The maximum atomic E-state index is 5.76. The summed E-state index contributed by atoms with van der Waals surface area (Å²) in [7, 11) is 1.63. The summed E-state index contributed by atoms with van der Waals surface area (Å²) in [5.74, 6) is 2.21. The summed E-state index contributed by atoms with van der Waals surface area (Å²) in [5, 5.41) is 20.9. The molecule has 0 spiro atoms. The highest BCUT2D eigenvalue weighted by Gasteiger charge is 2.14. The van der Waals surface area contributed by atoms with Crippen LogP contribution in [0.5, 0.6) is 5.75 Å². The lowest BCUT2D eigenvalue weighted by Crippen LogP contribution is -2.00. The Bertz CT molecular complexity index is 1090. The summed E-state index contributed by atoms with van der Waals surface area (Å²) < 4.78 is 12.6.